The Morgan fingerprint density at radius 2 is 1.64 bits per heavy atom. The van der Waals surface area contributed by atoms with Crippen LogP contribution >= 0.6 is 12.4 Å². The van der Waals surface area contributed by atoms with Crippen LogP contribution in [0.4, 0.5) is 0 Å². The number of fused-ring (bicyclic) bond motifs is 1. The van der Waals surface area contributed by atoms with Crippen molar-refractivity contribution in [3.63, 3.8) is 0 Å². The second kappa shape index (κ2) is 6.04. The van der Waals surface area contributed by atoms with Crippen LogP contribution in [0.15, 0.2) is 48.5 Å². The second-order valence-corrected chi connectivity index (χ2v) is 6.04. The molecule has 0 amide bonds. The van der Waals surface area contributed by atoms with Crippen LogP contribution < -0.4 is 5.32 Å². The van der Waals surface area contributed by atoms with E-state index in [-0.39, 0.29) is 18.0 Å². The van der Waals surface area contributed by atoms with Gasteiger partial charge < -0.3 is 10.1 Å². The molecule has 2 bridgehead atoms. The molecule has 3 heteroatoms. The van der Waals surface area contributed by atoms with Gasteiger partial charge in [-0.1, -0.05) is 48.5 Å². The van der Waals surface area contributed by atoms with Gasteiger partial charge >= 0.3 is 0 Å². The van der Waals surface area contributed by atoms with Crippen molar-refractivity contribution in [1.29, 1.82) is 0 Å². The van der Waals surface area contributed by atoms with Crippen molar-refractivity contribution >= 4 is 12.4 Å². The van der Waals surface area contributed by atoms with Gasteiger partial charge in [0.2, 0.25) is 0 Å². The van der Waals surface area contributed by atoms with Crippen molar-refractivity contribution in [3.05, 3.63) is 70.8 Å². The minimum Gasteiger partial charge on any atom is -0.364 e. The van der Waals surface area contributed by atoms with E-state index in [1.807, 2.05) is 7.05 Å². The summed E-state index contributed by atoms with van der Waals surface area (Å²) in [6.45, 7) is 1.62. The average molecular weight is 316 g/mol. The molecule has 3 aliphatic carbocycles. The molecule has 22 heavy (non-hydrogen) atoms. The van der Waals surface area contributed by atoms with Gasteiger partial charge in [0.1, 0.15) is 5.60 Å². The molecule has 2 aromatic carbocycles. The molecule has 0 aliphatic heterocycles. The third-order valence-electron chi connectivity index (χ3n) is 5.03. The first-order valence-corrected chi connectivity index (χ1v) is 7.84. The zero-order valence-electron chi connectivity index (χ0n) is 12.8. The number of ether oxygens (including phenoxy) is 1. The number of likely N-dealkylation sites (N-methyl/N-ethyl adjacent to an activating group) is 1. The Labute approximate surface area is 138 Å². The first-order valence-electron chi connectivity index (χ1n) is 7.84. The average Bonchev–Trinajstić information content (AvgIpc) is 2.56. The molecule has 0 spiro atoms. The molecular weight excluding hydrogens is 294 g/mol. The lowest BCUT2D eigenvalue weighted by Crippen LogP contribution is -2.43. The summed E-state index contributed by atoms with van der Waals surface area (Å²) >= 11 is 0. The predicted molar refractivity (Wildman–Crippen MR) is 91.9 cm³/mol. The molecular formula is C19H22ClNO. The van der Waals surface area contributed by atoms with Gasteiger partial charge in [0.05, 0.1) is 6.61 Å². The Morgan fingerprint density at radius 3 is 2.23 bits per heavy atom. The lowest BCUT2D eigenvalue weighted by Gasteiger charge is -2.49. The summed E-state index contributed by atoms with van der Waals surface area (Å²) in [5.74, 6) is 0.548. The molecule has 0 heterocycles. The van der Waals surface area contributed by atoms with E-state index in [0.717, 1.165) is 19.6 Å². The zero-order valence-corrected chi connectivity index (χ0v) is 13.7. The van der Waals surface area contributed by atoms with Crippen molar-refractivity contribution < 1.29 is 4.74 Å². The van der Waals surface area contributed by atoms with E-state index in [9.17, 15) is 0 Å². The van der Waals surface area contributed by atoms with E-state index in [2.05, 4.69) is 53.8 Å². The summed E-state index contributed by atoms with van der Waals surface area (Å²) < 4.78 is 6.49. The summed E-state index contributed by atoms with van der Waals surface area (Å²) in [5.41, 5.74) is 5.46. The van der Waals surface area contributed by atoms with Gasteiger partial charge in [0, 0.05) is 12.5 Å². The standard InChI is InChI=1S/C19H21NO.ClH/c1-20-12-13-21-19-11-10-14(15-6-2-4-8-17(15)19)16-7-3-5-9-18(16)19;/h2-9,14,20H,10-13H2,1H3;1H. The molecule has 0 radical (unpaired) electrons. The van der Waals surface area contributed by atoms with Crippen molar-refractivity contribution in [3.8, 4) is 0 Å². The van der Waals surface area contributed by atoms with Crippen LogP contribution in [0.2, 0.25) is 0 Å². The highest BCUT2D eigenvalue weighted by molar-refractivity contribution is 5.85. The first kappa shape index (κ1) is 15.5. The highest BCUT2D eigenvalue weighted by Gasteiger charge is 2.48. The Morgan fingerprint density at radius 1 is 1.05 bits per heavy atom. The van der Waals surface area contributed by atoms with E-state index in [4.69, 9.17) is 4.74 Å². The summed E-state index contributed by atoms with van der Waals surface area (Å²) in [5, 5.41) is 3.18. The third-order valence-corrected chi connectivity index (χ3v) is 5.03. The first-order chi connectivity index (χ1) is 10.4. The molecule has 0 aromatic heterocycles. The third kappa shape index (κ3) is 2.10. The summed E-state index contributed by atoms with van der Waals surface area (Å²) in [6.07, 6.45) is 2.28. The molecule has 1 N–H and O–H groups in total. The van der Waals surface area contributed by atoms with Crippen LogP contribution in [0, 0.1) is 0 Å². The van der Waals surface area contributed by atoms with Crippen molar-refractivity contribution in [2.24, 2.45) is 0 Å². The van der Waals surface area contributed by atoms with Gasteiger partial charge in [0.25, 0.3) is 0 Å². The Balaban J connectivity index is 0.00000144. The van der Waals surface area contributed by atoms with E-state index >= 15 is 0 Å². The number of hydrogen-bond donors (Lipinski definition) is 1. The summed E-state index contributed by atoms with van der Waals surface area (Å²) in [4.78, 5) is 0. The van der Waals surface area contributed by atoms with E-state index in [1.54, 1.807) is 0 Å². The highest BCUT2D eigenvalue weighted by Crippen LogP contribution is 2.56. The van der Waals surface area contributed by atoms with Crippen LogP contribution in [-0.2, 0) is 10.3 Å². The summed E-state index contributed by atoms with van der Waals surface area (Å²) in [6, 6.07) is 17.7. The van der Waals surface area contributed by atoms with Gasteiger partial charge in [-0.3, -0.25) is 0 Å². The normalized spacial score (nSPS) is 24.3. The molecule has 116 valence electrons. The van der Waals surface area contributed by atoms with Crippen molar-refractivity contribution in [2.45, 2.75) is 24.4 Å². The summed E-state index contributed by atoms with van der Waals surface area (Å²) in [7, 11) is 1.97. The molecule has 3 aliphatic rings. The molecule has 0 saturated carbocycles. The second-order valence-electron chi connectivity index (χ2n) is 6.04. The van der Waals surface area contributed by atoms with E-state index < -0.39 is 0 Å². The van der Waals surface area contributed by atoms with Crippen molar-refractivity contribution in [2.75, 3.05) is 20.2 Å². The van der Waals surface area contributed by atoms with Crippen LogP contribution in [0.5, 0.6) is 0 Å². The number of halogens is 1. The number of nitrogens with one attached hydrogen (secondary N) is 1. The minimum atomic E-state index is -0.237. The Bertz CT molecular complexity index is 622. The van der Waals surface area contributed by atoms with Crippen LogP contribution in [0.3, 0.4) is 0 Å². The number of rotatable bonds is 4. The zero-order chi connectivity index (χ0) is 14.3. The maximum atomic E-state index is 6.49. The number of hydrogen-bond acceptors (Lipinski definition) is 2. The molecule has 0 atom stereocenters. The lowest BCUT2D eigenvalue weighted by molar-refractivity contribution is -0.0370. The molecule has 2 aromatic rings. The van der Waals surface area contributed by atoms with E-state index in [1.165, 1.54) is 28.7 Å². The van der Waals surface area contributed by atoms with Crippen molar-refractivity contribution in [1.82, 2.24) is 5.32 Å². The fourth-order valence-electron chi connectivity index (χ4n) is 4.13. The monoisotopic (exact) mass is 315 g/mol. The van der Waals surface area contributed by atoms with Gasteiger partial charge in [-0.2, -0.15) is 0 Å². The largest absolute Gasteiger partial charge is 0.364 e. The quantitative estimate of drug-likeness (QED) is 0.866. The topological polar surface area (TPSA) is 21.3 Å². The smallest absolute Gasteiger partial charge is 0.119 e. The Kier molecular flexibility index (Phi) is 4.26. The van der Waals surface area contributed by atoms with Gasteiger partial charge in [-0.15, -0.1) is 12.4 Å². The fourth-order valence-corrected chi connectivity index (χ4v) is 4.13. The lowest BCUT2D eigenvalue weighted by atomic mass is 9.61. The molecule has 0 saturated heterocycles. The highest BCUT2D eigenvalue weighted by atomic mass is 35.5. The maximum absolute atomic E-state index is 6.49. The van der Waals surface area contributed by atoms with Gasteiger partial charge in [0.15, 0.2) is 0 Å². The van der Waals surface area contributed by atoms with Crippen LogP contribution in [0.25, 0.3) is 0 Å². The minimum absolute atomic E-state index is 0. The maximum Gasteiger partial charge on any atom is 0.119 e. The van der Waals surface area contributed by atoms with Gasteiger partial charge in [-0.25, -0.2) is 0 Å². The van der Waals surface area contributed by atoms with Crippen LogP contribution in [-0.4, -0.2) is 20.2 Å². The Hall–Kier alpha value is -1.35. The molecule has 0 fully saturated rings. The molecule has 0 unspecified atom stereocenters. The molecule has 2 nitrogen and oxygen atoms in total. The van der Waals surface area contributed by atoms with E-state index in [0.29, 0.717) is 5.92 Å². The fraction of sp³-hybridized carbons (Fsp3) is 0.368. The number of benzene rings is 2. The predicted octanol–water partition coefficient (Wildman–Crippen LogP) is 3.83. The van der Waals surface area contributed by atoms with Gasteiger partial charge in [-0.05, 0) is 42.1 Å². The SMILES string of the molecule is CNCCOC12CCC(c3ccccc31)c1ccccc12.Cl. The van der Waals surface area contributed by atoms with Crippen LogP contribution in [0.1, 0.15) is 41.0 Å². The molecule has 5 rings (SSSR count).